The summed E-state index contributed by atoms with van der Waals surface area (Å²) in [6.45, 7) is 5.22. The monoisotopic (exact) mass is 298 g/mol. The molecule has 1 aromatic rings. The lowest BCUT2D eigenvalue weighted by atomic mass is 10.0. The molecule has 0 aromatic carbocycles. The standard InChI is InChI=1S/C14H19ClN2O3/c1-4-5-11-6-10(7-12(15)17-11)13(18)16-9(3)8(2)14(19)20/h6-9H,4-5H2,1-3H3,(H,16,18)(H,19,20). The van der Waals surface area contributed by atoms with Gasteiger partial charge in [-0.3, -0.25) is 9.59 Å². The molecule has 0 radical (unpaired) electrons. The number of hydrogen-bond acceptors (Lipinski definition) is 3. The summed E-state index contributed by atoms with van der Waals surface area (Å²) >= 11 is 5.89. The van der Waals surface area contributed by atoms with Gasteiger partial charge in [-0.1, -0.05) is 24.9 Å². The van der Waals surface area contributed by atoms with Crippen LogP contribution >= 0.6 is 11.6 Å². The third-order valence-electron chi connectivity index (χ3n) is 3.11. The van der Waals surface area contributed by atoms with Crippen molar-refractivity contribution in [1.82, 2.24) is 10.3 Å². The fourth-order valence-corrected chi connectivity index (χ4v) is 1.92. The van der Waals surface area contributed by atoms with Crippen molar-refractivity contribution in [2.24, 2.45) is 5.92 Å². The van der Waals surface area contributed by atoms with Crippen molar-refractivity contribution < 1.29 is 14.7 Å². The number of pyridine rings is 1. The number of amides is 1. The van der Waals surface area contributed by atoms with Gasteiger partial charge in [0.25, 0.3) is 5.91 Å². The Morgan fingerprint density at radius 3 is 2.60 bits per heavy atom. The summed E-state index contributed by atoms with van der Waals surface area (Å²) in [4.78, 5) is 27.1. The van der Waals surface area contributed by atoms with E-state index in [2.05, 4.69) is 10.3 Å². The van der Waals surface area contributed by atoms with E-state index in [0.717, 1.165) is 18.5 Å². The summed E-state index contributed by atoms with van der Waals surface area (Å²) in [5.41, 5.74) is 1.15. The van der Waals surface area contributed by atoms with Crippen molar-refractivity contribution in [2.75, 3.05) is 0 Å². The Hall–Kier alpha value is -1.62. The molecular weight excluding hydrogens is 280 g/mol. The van der Waals surface area contributed by atoms with Crippen LogP contribution < -0.4 is 5.32 Å². The second-order valence-electron chi connectivity index (χ2n) is 4.81. The lowest BCUT2D eigenvalue weighted by Gasteiger charge is -2.18. The molecule has 1 rings (SSSR count). The quantitative estimate of drug-likeness (QED) is 0.791. The first-order valence-corrected chi connectivity index (χ1v) is 6.93. The second kappa shape index (κ2) is 7.24. The molecule has 1 amide bonds. The number of nitrogens with one attached hydrogen (secondary N) is 1. The van der Waals surface area contributed by atoms with Crippen LogP contribution in [0, 0.1) is 5.92 Å². The summed E-state index contributed by atoms with van der Waals surface area (Å²) in [5.74, 6) is -1.95. The van der Waals surface area contributed by atoms with Gasteiger partial charge in [-0.15, -0.1) is 0 Å². The third-order valence-corrected chi connectivity index (χ3v) is 3.31. The number of carboxylic acids is 1. The van der Waals surface area contributed by atoms with Gasteiger partial charge >= 0.3 is 5.97 Å². The lowest BCUT2D eigenvalue weighted by Crippen LogP contribution is -2.40. The molecule has 0 bridgehead atoms. The van der Waals surface area contributed by atoms with Gasteiger partial charge in [-0.05, 0) is 32.4 Å². The maximum Gasteiger partial charge on any atom is 0.308 e. The molecule has 0 aliphatic carbocycles. The van der Waals surface area contributed by atoms with Crippen LogP contribution in [0.25, 0.3) is 0 Å². The number of aryl methyl sites for hydroxylation is 1. The van der Waals surface area contributed by atoms with Gasteiger partial charge in [0.2, 0.25) is 0 Å². The fourth-order valence-electron chi connectivity index (χ4n) is 1.70. The van der Waals surface area contributed by atoms with Gasteiger partial charge in [0.05, 0.1) is 5.92 Å². The summed E-state index contributed by atoms with van der Waals surface area (Å²) < 4.78 is 0. The van der Waals surface area contributed by atoms with Gasteiger partial charge in [0, 0.05) is 17.3 Å². The van der Waals surface area contributed by atoms with Gasteiger partial charge < -0.3 is 10.4 Å². The minimum Gasteiger partial charge on any atom is -0.481 e. The molecular formula is C14H19ClN2O3. The van der Waals surface area contributed by atoms with Crippen LogP contribution in [-0.2, 0) is 11.2 Å². The Kier molecular flexibility index (Phi) is 5.95. The Morgan fingerprint density at radius 1 is 1.40 bits per heavy atom. The van der Waals surface area contributed by atoms with Crippen molar-refractivity contribution >= 4 is 23.5 Å². The molecule has 1 aromatic heterocycles. The highest BCUT2D eigenvalue weighted by molar-refractivity contribution is 6.29. The maximum atomic E-state index is 12.1. The smallest absolute Gasteiger partial charge is 0.308 e. The molecule has 0 aliphatic rings. The SMILES string of the molecule is CCCc1cc(C(=O)NC(C)C(C)C(=O)O)cc(Cl)n1. The average Bonchev–Trinajstić information content (AvgIpc) is 2.37. The molecule has 20 heavy (non-hydrogen) atoms. The van der Waals surface area contributed by atoms with Crippen molar-refractivity contribution in [3.63, 3.8) is 0 Å². The van der Waals surface area contributed by atoms with Crippen LogP contribution in [0.4, 0.5) is 0 Å². The number of aromatic nitrogens is 1. The van der Waals surface area contributed by atoms with Crippen LogP contribution in [0.5, 0.6) is 0 Å². The number of carboxylic acid groups (broad SMARTS) is 1. The van der Waals surface area contributed by atoms with E-state index in [1.807, 2.05) is 6.92 Å². The van der Waals surface area contributed by atoms with Crippen molar-refractivity contribution in [2.45, 2.75) is 39.7 Å². The number of halogens is 1. The van der Waals surface area contributed by atoms with Crippen LogP contribution in [0.3, 0.4) is 0 Å². The summed E-state index contributed by atoms with van der Waals surface area (Å²) in [6, 6.07) is 2.69. The molecule has 0 saturated heterocycles. The van der Waals surface area contributed by atoms with Gasteiger partial charge in [-0.2, -0.15) is 0 Å². The van der Waals surface area contributed by atoms with E-state index < -0.39 is 17.9 Å². The third kappa shape index (κ3) is 4.49. The zero-order chi connectivity index (χ0) is 15.3. The molecule has 2 atom stereocenters. The molecule has 0 aliphatic heterocycles. The summed E-state index contributed by atoms with van der Waals surface area (Å²) in [6.07, 6.45) is 1.64. The normalized spacial score (nSPS) is 13.6. The average molecular weight is 299 g/mol. The first-order valence-electron chi connectivity index (χ1n) is 6.55. The van der Waals surface area contributed by atoms with E-state index in [-0.39, 0.29) is 11.1 Å². The van der Waals surface area contributed by atoms with Crippen LogP contribution in [0.2, 0.25) is 5.15 Å². The number of carbonyl (C=O) groups excluding carboxylic acids is 1. The van der Waals surface area contributed by atoms with Gasteiger partial charge in [0.1, 0.15) is 5.15 Å². The van der Waals surface area contributed by atoms with E-state index in [1.54, 1.807) is 19.9 Å². The molecule has 2 unspecified atom stereocenters. The number of carbonyl (C=O) groups is 2. The molecule has 5 nitrogen and oxygen atoms in total. The molecule has 0 spiro atoms. The van der Waals surface area contributed by atoms with E-state index in [1.165, 1.54) is 6.07 Å². The van der Waals surface area contributed by atoms with Crippen molar-refractivity contribution in [3.05, 3.63) is 28.5 Å². The van der Waals surface area contributed by atoms with Gasteiger partial charge in [-0.25, -0.2) is 4.98 Å². The Balaban J connectivity index is 2.84. The Morgan fingerprint density at radius 2 is 2.05 bits per heavy atom. The molecule has 2 N–H and O–H groups in total. The largest absolute Gasteiger partial charge is 0.481 e. The van der Waals surface area contributed by atoms with Gasteiger partial charge in [0.15, 0.2) is 0 Å². The van der Waals surface area contributed by atoms with E-state index in [0.29, 0.717) is 5.56 Å². The number of aliphatic carboxylic acids is 1. The topological polar surface area (TPSA) is 79.3 Å². The van der Waals surface area contributed by atoms with E-state index in [4.69, 9.17) is 16.7 Å². The predicted molar refractivity (Wildman–Crippen MR) is 77.0 cm³/mol. The maximum absolute atomic E-state index is 12.1. The number of rotatable bonds is 6. The zero-order valence-corrected chi connectivity index (χ0v) is 12.6. The van der Waals surface area contributed by atoms with Crippen LogP contribution in [0.1, 0.15) is 43.2 Å². The van der Waals surface area contributed by atoms with Crippen molar-refractivity contribution in [3.8, 4) is 0 Å². The molecule has 110 valence electrons. The molecule has 0 saturated carbocycles. The fraction of sp³-hybridized carbons (Fsp3) is 0.500. The van der Waals surface area contributed by atoms with Crippen molar-refractivity contribution in [1.29, 1.82) is 0 Å². The number of hydrogen-bond donors (Lipinski definition) is 2. The van der Waals surface area contributed by atoms with E-state index in [9.17, 15) is 9.59 Å². The highest BCUT2D eigenvalue weighted by atomic mass is 35.5. The minimum absolute atomic E-state index is 0.264. The number of nitrogens with zero attached hydrogens (tertiary/aromatic N) is 1. The highest BCUT2D eigenvalue weighted by Crippen LogP contribution is 2.13. The van der Waals surface area contributed by atoms with E-state index >= 15 is 0 Å². The first kappa shape index (κ1) is 16.4. The molecule has 6 heteroatoms. The molecule has 0 fully saturated rings. The lowest BCUT2D eigenvalue weighted by molar-refractivity contribution is -0.141. The van der Waals surface area contributed by atoms with Crippen LogP contribution in [-0.4, -0.2) is 28.0 Å². The zero-order valence-electron chi connectivity index (χ0n) is 11.8. The summed E-state index contributed by atoms with van der Waals surface area (Å²) in [5, 5.41) is 11.8. The highest BCUT2D eigenvalue weighted by Gasteiger charge is 2.21. The van der Waals surface area contributed by atoms with Crippen LogP contribution in [0.15, 0.2) is 12.1 Å². The molecule has 1 heterocycles. The summed E-state index contributed by atoms with van der Waals surface area (Å²) in [7, 11) is 0. The first-order chi connectivity index (χ1) is 9.35. The Labute approximate surface area is 123 Å². The Bertz CT molecular complexity index is 505. The minimum atomic E-state index is -0.947. The second-order valence-corrected chi connectivity index (χ2v) is 5.20. The predicted octanol–water partition coefficient (Wildman–Crippen LogP) is 2.53.